The molecule has 1 atom stereocenters. The molecule has 1 amide bonds. The molecule has 1 saturated carbocycles. The van der Waals surface area contributed by atoms with Gasteiger partial charge in [-0.1, -0.05) is 0 Å². The van der Waals surface area contributed by atoms with Gasteiger partial charge in [0, 0.05) is 6.04 Å². The Kier molecular flexibility index (Phi) is 4.77. The normalized spacial score (nSPS) is 16.4. The van der Waals surface area contributed by atoms with Crippen molar-refractivity contribution in [1.82, 2.24) is 15.3 Å². The van der Waals surface area contributed by atoms with Crippen molar-refractivity contribution >= 4 is 5.91 Å². The molecule has 1 aromatic rings. The van der Waals surface area contributed by atoms with Gasteiger partial charge >= 0.3 is 0 Å². The summed E-state index contributed by atoms with van der Waals surface area (Å²) in [4.78, 5) is 20.1. The molecular formula is C15H23N3O3. The fourth-order valence-electron chi connectivity index (χ4n) is 2.09. The highest BCUT2D eigenvalue weighted by Gasteiger charge is 2.22. The summed E-state index contributed by atoms with van der Waals surface area (Å²) in [6.45, 7) is 5.93. The lowest BCUT2D eigenvalue weighted by atomic mass is 10.0. The van der Waals surface area contributed by atoms with Gasteiger partial charge in [-0.05, 0) is 46.0 Å². The van der Waals surface area contributed by atoms with Crippen LogP contribution in [0.4, 0.5) is 0 Å². The lowest BCUT2D eigenvalue weighted by Crippen LogP contribution is -2.38. The van der Waals surface area contributed by atoms with Crippen LogP contribution in [0, 0.1) is 5.92 Å². The van der Waals surface area contributed by atoms with E-state index in [0.29, 0.717) is 24.8 Å². The van der Waals surface area contributed by atoms with Crippen LogP contribution in [0.3, 0.4) is 0 Å². The first-order valence-corrected chi connectivity index (χ1v) is 7.31. The van der Waals surface area contributed by atoms with E-state index in [4.69, 9.17) is 4.74 Å². The van der Waals surface area contributed by atoms with Gasteiger partial charge in [0.25, 0.3) is 5.91 Å². The van der Waals surface area contributed by atoms with Gasteiger partial charge in [-0.15, -0.1) is 0 Å². The summed E-state index contributed by atoms with van der Waals surface area (Å²) in [5.74, 6) is 0.799. The summed E-state index contributed by atoms with van der Waals surface area (Å²) in [7, 11) is 0. The second-order valence-electron chi connectivity index (χ2n) is 6.39. The molecule has 0 aromatic carbocycles. The Labute approximate surface area is 124 Å². The van der Waals surface area contributed by atoms with E-state index in [1.54, 1.807) is 13.8 Å². The Morgan fingerprint density at radius 1 is 1.48 bits per heavy atom. The maximum atomic E-state index is 12.0. The molecule has 1 aliphatic rings. The van der Waals surface area contributed by atoms with Gasteiger partial charge in [0.1, 0.15) is 5.69 Å². The van der Waals surface area contributed by atoms with Crippen LogP contribution < -0.4 is 10.1 Å². The molecule has 1 unspecified atom stereocenters. The first kappa shape index (κ1) is 15.7. The van der Waals surface area contributed by atoms with Crippen molar-refractivity contribution in [3.8, 4) is 5.88 Å². The van der Waals surface area contributed by atoms with Crippen molar-refractivity contribution in [2.45, 2.75) is 51.7 Å². The third kappa shape index (κ3) is 5.67. The summed E-state index contributed by atoms with van der Waals surface area (Å²) in [6, 6.07) is -0.148. The third-order valence-electron chi connectivity index (χ3n) is 3.21. The highest BCUT2D eigenvalue weighted by molar-refractivity contribution is 5.92. The Morgan fingerprint density at radius 2 is 2.19 bits per heavy atom. The van der Waals surface area contributed by atoms with Crippen LogP contribution in [0.5, 0.6) is 5.88 Å². The minimum absolute atomic E-state index is 0.148. The first-order chi connectivity index (χ1) is 9.83. The molecule has 6 nitrogen and oxygen atoms in total. The molecule has 2 rings (SSSR count). The van der Waals surface area contributed by atoms with Gasteiger partial charge in [0.05, 0.1) is 24.6 Å². The van der Waals surface area contributed by atoms with Crippen molar-refractivity contribution in [1.29, 1.82) is 0 Å². The number of ether oxygens (including phenoxy) is 1. The number of hydrogen-bond acceptors (Lipinski definition) is 5. The molecule has 1 fully saturated rings. The molecular weight excluding hydrogens is 270 g/mol. The van der Waals surface area contributed by atoms with Gasteiger partial charge in [-0.25, -0.2) is 9.97 Å². The van der Waals surface area contributed by atoms with Gasteiger partial charge < -0.3 is 15.2 Å². The molecule has 1 aliphatic carbocycles. The van der Waals surface area contributed by atoms with E-state index in [9.17, 15) is 9.90 Å². The van der Waals surface area contributed by atoms with E-state index >= 15 is 0 Å². The average Bonchev–Trinajstić information content (AvgIpc) is 3.18. The predicted molar refractivity (Wildman–Crippen MR) is 78.1 cm³/mol. The lowest BCUT2D eigenvalue weighted by molar-refractivity contribution is 0.0592. The number of carbonyl (C=O) groups is 1. The molecule has 116 valence electrons. The lowest BCUT2D eigenvalue weighted by Gasteiger charge is -2.22. The summed E-state index contributed by atoms with van der Waals surface area (Å²) >= 11 is 0. The molecule has 0 spiro atoms. The van der Waals surface area contributed by atoms with E-state index in [2.05, 4.69) is 15.3 Å². The molecule has 6 heteroatoms. The molecule has 0 aliphatic heterocycles. The number of amides is 1. The zero-order valence-corrected chi connectivity index (χ0v) is 12.8. The van der Waals surface area contributed by atoms with E-state index in [1.807, 2.05) is 6.92 Å². The number of rotatable bonds is 7. The third-order valence-corrected chi connectivity index (χ3v) is 3.21. The van der Waals surface area contributed by atoms with Crippen molar-refractivity contribution in [2.75, 3.05) is 6.61 Å². The summed E-state index contributed by atoms with van der Waals surface area (Å²) in [6.07, 6.45) is 5.78. The average molecular weight is 293 g/mol. The Morgan fingerprint density at radius 3 is 2.71 bits per heavy atom. The number of carbonyl (C=O) groups excluding carboxylic acids is 1. The van der Waals surface area contributed by atoms with Crippen LogP contribution in [0.25, 0.3) is 0 Å². The van der Waals surface area contributed by atoms with Gasteiger partial charge in [0.2, 0.25) is 5.88 Å². The van der Waals surface area contributed by atoms with Crippen LogP contribution in [-0.4, -0.2) is 39.2 Å². The van der Waals surface area contributed by atoms with Crippen molar-refractivity contribution in [3.05, 3.63) is 18.1 Å². The zero-order valence-electron chi connectivity index (χ0n) is 12.8. The molecule has 1 heterocycles. The summed E-state index contributed by atoms with van der Waals surface area (Å²) < 4.78 is 5.47. The fourth-order valence-corrected chi connectivity index (χ4v) is 2.09. The van der Waals surface area contributed by atoms with Gasteiger partial charge in [0.15, 0.2) is 0 Å². The highest BCUT2D eigenvalue weighted by Crippen LogP contribution is 2.29. The van der Waals surface area contributed by atoms with E-state index < -0.39 is 5.60 Å². The Balaban J connectivity index is 1.83. The van der Waals surface area contributed by atoms with Crippen LogP contribution in [0.1, 0.15) is 50.5 Å². The van der Waals surface area contributed by atoms with Crippen molar-refractivity contribution in [2.24, 2.45) is 5.92 Å². The van der Waals surface area contributed by atoms with Crippen LogP contribution >= 0.6 is 0 Å². The van der Waals surface area contributed by atoms with Crippen molar-refractivity contribution in [3.63, 3.8) is 0 Å². The maximum Gasteiger partial charge on any atom is 0.271 e. The number of nitrogens with one attached hydrogen (secondary N) is 1. The van der Waals surface area contributed by atoms with E-state index in [-0.39, 0.29) is 17.6 Å². The van der Waals surface area contributed by atoms with Crippen molar-refractivity contribution < 1.29 is 14.6 Å². The van der Waals surface area contributed by atoms with Crippen LogP contribution in [-0.2, 0) is 0 Å². The fraction of sp³-hybridized carbons (Fsp3) is 0.667. The quantitative estimate of drug-likeness (QED) is 0.796. The largest absolute Gasteiger partial charge is 0.476 e. The minimum Gasteiger partial charge on any atom is -0.476 e. The SMILES string of the molecule is CC(CC(C)(C)O)NC(=O)c1cnc(OCC2CC2)cn1. The maximum absolute atomic E-state index is 12.0. The summed E-state index contributed by atoms with van der Waals surface area (Å²) in [5.41, 5.74) is -0.574. The Hall–Kier alpha value is -1.69. The number of nitrogens with zero attached hydrogens (tertiary/aromatic N) is 2. The minimum atomic E-state index is -0.821. The van der Waals surface area contributed by atoms with E-state index in [0.717, 1.165) is 0 Å². The zero-order chi connectivity index (χ0) is 15.5. The smallest absolute Gasteiger partial charge is 0.271 e. The summed E-state index contributed by atoms with van der Waals surface area (Å²) in [5, 5.41) is 12.5. The number of hydrogen-bond donors (Lipinski definition) is 2. The molecule has 21 heavy (non-hydrogen) atoms. The Bertz CT molecular complexity index is 478. The topological polar surface area (TPSA) is 84.3 Å². The molecule has 0 radical (unpaired) electrons. The van der Waals surface area contributed by atoms with Crippen LogP contribution in [0.2, 0.25) is 0 Å². The molecule has 2 N–H and O–H groups in total. The first-order valence-electron chi connectivity index (χ1n) is 7.31. The molecule has 1 aromatic heterocycles. The predicted octanol–water partition coefficient (Wildman–Crippen LogP) is 1.54. The van der Waals surface area contributed by atoms with Crippen LogP contribution in [0.15, 0.2) is 12.4 Å². The number of aliphatic hydroxyl groups is 1. The van der Waals surface area contributed by atoms with E-state index in [1.165, 1.54) is 25.2 Å². The molecule has 0 bridgehead atoms. The van der Waals surface area contributed by atoms with Gasteiger partial charge in [-0.2, -0.15) is 0 Å². The van der Waals surface area contributed by atoms with Gasteiger partial charge in [-0.3, -0.25) is 4.79 Å². The number of aromatic nitrogens is 2. The molecule has 0 saturated heterocycles. The second kappa shape index (κ2) is 6.39. The second-order valence-corrected chi connectivity index (χ2v) is 6.39. The monoisotopic (exact) mass is 293 g/mol. The highest BCUT2D eigenvalue weighted by atomic mass is 16.5. The standard InChI is InChI=1S/C15H23N3O3/c1-10(6-15(2,3)20)18-14(19)12-7-17-13(8-16-12)21-9-11-4-5-11/h7-8,10-11,20H,4-6,9H2,1-3H3,(H,18,19).